The van der Waals surface area contributed by atoms with E-state index in [4.69, 9.17) is 10.5 Å². The number of nitrogens with one attached hydrogen (secondary N) is 1. The molecule has 1 atom stereocenters. The minimum absolute atomic E-state index is 0. The monoisotopic (exact) mass is 258 g/mol. The lowest BCUT2D eigenvalue weighted by molar-refractivity contribution is -0.120. The van der Waals surface area contributed by atoms with E-state index in [1.165, 1.54) is 0 Å². The van der Waals surface area contributed by atoms with E-state index in [-0.39, 0.29) is 31.0 Å². The molecule has 0 aromatic heterocycles. The van der Waals surface area contributed by atoms with E-state index in [2.05, 4.69) is 5.32 Å². The Morgan fingerprint density at radius 3 is 2.71 bits per heavy atom. The molecule has 1 unspecified atom stereocenters. The van der Waals surface area contributed by atoms with Crippen molar-refractivity contribution >= 4 is 18.3 Å². The van der Waals surface area contributed by atoms with Crippen LogP contribution in [0.4, 0.5) is 0 Å². The molecule has 3 N–H and O–H groups in total. The standard InChI is InChI=1S/C12H18N2O2.ClH/c1-9-5-3-4-6-11(9)16-10(2)8-14-12(15)7-13;/h3-6,10H,7-8,13H2,1-2H3,(H,14,15);1H. The van der Waals surface area contributed by atoms with E-state index in [0.29, 0.717) is 6.54 Å². The summed E-state index contributed by atoms with van der Waals surface area (Å²) in [5, 5.41) is 2.68. The van der Waals surface area contributed by atoms with Crippen molar-refractivity contribution in [3.63, 3.8) is 0 Å². The van der Waals surface area contributed by atoms with Gasteiger partial charge in [-0.05, 0) is 25.5 Å². The van der Waals surface area contributed by atoms with Crippen molar-refractivity contribution in [3.05, 3.63) is 29.8 Å². The fraction of sp³-hybridized carbons (Fsp3) is 0.417. The van der Waals surface area contributed by atoms with Gasteiger partial charge >= 0.3 is 0 Å². The summed E-state index contributed by atoms with van der Waals surface area (Å²) in [6.07, 6.45) is -0.0726. The minimum atomic E-state index is -0.166. The van der Waals surface area contributed by atoms with Gasteiger partial charge in [-0.1, -0.05) is 18.2 Å². The van der Waals surface area contributed by atoms with Crippen LogP contribution in [0.5, 0.6) is 5.75 Å². The van der Waals surface area contributed by atoms with Crippen LogP contribution in [0.2, 0.25) is 0 Å². The molecular weight excluding hydrogens is 240 g/mol. The van der Waals surface area contributed by atoms with Crippen LogP contribution in [0.1, 0.15) is 12.5 Å². The SMILES string of the molecule is Cc1ccccc1OC(C)CNC(=O)CN.Cl. The Kier molecular flexibility index (Phi) is 7.34. The van der Waals surface area contributed by atoms with Crippen molar-refractivity contribution in [3.8, 4) is 5.75 Å². The van der Waals surface area contributed by atoms with Gasteiger partial charge in [-0.3, -0.25) is 4.79 Å². The van der Waals surface area contributed by atoms with E-state index < -0.39 is 0 Å². The molecule has 17 heavy (non-hydrogen) atoms. The Morgan fingerprint density at radius 2 is 2.12 bits per heavy atom. The number of hydrogen-bond acceptors (Lipinski definition) is 3. The predicted octanol–water partition coefficient (Wildman–Crippen LogP) is 1.26. The molecule has 1 aromatic rings. The van der Waals surface area contributed by atoms with Crippen LogP contribution in [0.25, 0.3) is 0 Å². The second-order valence-electron chi connectivity index (χ2n) is 3.70. The summed E-state index contributed by atoms with van der Waals surface area (Å²) < 4.78 is 5.68. The number of nitrogens with two attached hydrogens (primary N) is 1. The number of rotatable bonds is 5. The Labute approximate surface area is 108 Å². The Hall–Kier alpha value is -1.26. The lowest BCUT2D eigenvalue weighted by Gasteiger charge is -2.16. The molecule has 1 rings (SSSR count). The number of amides is 1. The summed E-state index contributed by atoms with van der Waals surface area (Å²) in [4.78, 5) is 10.9. The topological polar surface area (TPSA) is 64.3 Å². The van der Waals surface area contributed by atoms with Crippen LogP contribution >= 0.6 is 12.4 Å². The molecule has 5 heteroatoms. The van der Waals surface area contributed by atoms with Crippen LogP contribution in [0.15, 0.2) is 24.3 Å². The number of hydrogen-bond donors (Lipinski definition) is 2. The molecule has 0 heterocycles. The molecule has 0 bridgehead atoms. The van der Waals surface area contributed by atoms with E-state index in [0.717, 1.165) is 11.3 Å². The van der Waals surface area contributed by atoms with Gasteiger partial charge in [-0.25, -0.2) is 0 Å². The van der Waals surface area contributed by atoms with Crippen molar-refractivity contribution in [1.29, 1.82) is 0 Å². The third kappa shape index (κ3) is 5.56. The highest BCUT2D eigenvalue weighted by atomic mass is 35.5. The van der Waals surface area contributed by atoms with E-state index in [9.17, 15) is 4.79 Å². The predicted molar refractivity (Wildman–Crippen MR) is 70.6 cm³/mol. The lowest BCUT2D eigenvalue weighted by Crippen LogP contribution is -2.37. The van der Waals surface area contributed by atoms with Gasteiger partial charge in [0, 0.05) is 0 Å². The molecule has 0 radical (unpaired) electrons. The zero-order valence-electron chi connectivity index (χ0n) is 10.1. The van der Waals surface area contributed by atoms with Gasteiger partial charge in [0.2, 0.25) is 5.91 Å². The summed E-state index contributed by atoms with van der Waals surface area (Å²) in [7, 11) is 0. The van der Waals surface area contributed by atoms with Gasteiger partial charge in [0.05, 0.1) is 13.1 Å². The summed E-state index contributed by atoms with van der Waals surface area (Å²) >= 11 is 0. The molecule has 0 aliphatic rings. The Morgan fingerprint density at radius 1 is 1.47 bits per heavy atom. The number of aryl methyl sites for hydroxylation is 1. The highest BCUT2D eigenvalue weighted by molar-refractivity contribution is 5.85. The quantitative estimate of drug-likeness (QED) is 0.836. The molecule has 96 valence electrons. The zero-order valence-corrected chi connectivity index (χ0v) is 10.9. The fourth-order valence-corrected chi connectivity index (χ4v) is 1.28. The Balaban J connectivity index is 0.00000256. The highest BCUT2D eigenvalue weighted by Crippen LogP contribution is 2.17. The molecule has 0 aliphatic heterocycles. The average Bonchev–Trinajstić information content (AvgIpc) is 2.29. The first-order chi connectivity index (χ1) is 7.63. The number of halogens is 1. The molecule has 0 saturated carbocycles. The number of benzene rings is 1. The third-order valence-corrected chi connectivity index (χ3v) is 2.19. The van der Waals surface area contributed by atoms with Crippen molar-refractivity contribution in [1.82, 2.24) is 5.32 Å². The second kappa shape index (κ2) is 7.92. The molecule has 1 amide bonds. The molecule has 0 fully saturated rings. The first-order valence-corrected chi connectivity index (χ1v) is 5.32. The number of carbonyl (C=O) groups excluding carboxylic acids is 1. The summed E-state index contributed by atoms with van der Waals surface area (Å²) in [6, 6.07) is 7.79. The van der Waals surface area contributed by atoms with Crippen LogP contribution in [0, 0.1) is 6.92 Å². The minimum Gasteiger partial charge on any atom is -0.489 e. The van der Waals surface area contributed by atoms with Gasteiger partial charge in [0.1, 0.15) is 11.9 Å². The fourth-order valence-electron chi connectivity index (χ4n) is 1.28. The summed E-state index contributed by atoms with van der Waals surface area (Å²) in [5.41, 5.74) is 6.26. The molecule has 1 aromatic carbocycles. The molecular formula is C12H19ClN2O2. The first-order valence-electron chi connectivity index (χ1n) is 5.32. The average molecular weight is 259 g/mol. The molecule has 0 saturated heterocycles. The van der Waals surface area contributed by atoms with E-state index in [1.54, 1.807) is 0 Å². The third-order valence-electron chi connectivity index (χ3n) is 2.19. The zero-order chi connectivity index (χ0) is 12.0. The first kappa shape index (κ1) is 15.7. The van der Waals surface area contributed by atoms with Crippen LogP contribution in [-0.2, 0) is 4.79 Å². The summed E-state index contributed by atoms with van der Waals surface area (Å²) in [6.45, 7) is 4.37. The smallest absolute Gasteiger partial charge is 0.233 e. The molecule has 0 spiro atoms. The van der Waals surface area contributed by atoms with Crippen LogP contribution < -0.4 is 15.8 Å². The van der Waals surface area contributed by atoms with E-state index in [1.807, 2.05) is 38.1 Å². The summed E-state index contributed by atoms with van der Waals surface area (Å²) in [5.74, 6) is 0.678. The normalized spacial score (nSPS) is 11.2. The largest absolute Gasteiger partial charge is 0.489 e. The van der Waals surface area contributed by atoms with Crippen LogP contribution in [0.3, 0.4) is 0 Å². The highest BCUT2D eigenvalue weighted by Gasteiger charge is 2.06. The molecule has 0 aliphatic carbocycles. The van der Waals surface area contributed by atoms with E-state index >= 15 is 0 Å². The maximum Gasteiger partial charge on any atom is 0.233 e. The van der Waals surface area contributed by atoms with Gasteiger partial charge in [-0.2, -0.15) is 0 Å². The van der Waals surface area contributed by atoms with Gasteiger partial charge in [0.25, 0.3) is 0 Å². The maximum absolute atomic E-state index is 10.9. The Bertz CT molecular complexity index is 358. The van der Waals surface area contributed by atoms with Crippen molar-refractivity contribution in [2.24, 2.45) is 5.73 Å². The second-order valence-corrected chi connectivity index (χ2v) is 3.70. The number of para-hydroxylation sites is 1. The van der Waals surface area contributed by atoms with Gasteiger partial charge in [0.15, 0.2) is 0 Å². The lowest BCUT2D eigenvalue weighted by atomic mass is 10.2. The van der Waals surface area contributed by atoms with Crippen molar-refractivity contribution < 1.29 is 9.53 Å². The van der Waals surface area contributed by atoms with Gasteiger partial charge < -0.3 is 15.8 Å². The van der Waals surface area contributed by atoms with Crippen LogP contribution in [-0.4, -0.2) is 25.1 Å². The van der Waals surface area contributed by atoms with Crippen molar-refractivity contribution in [2.45, 2.75) is 20.0 Å². The van der Waals surface area contributed by atoms with Gasteiger partial charge in [-0.15, -0.1) is 12.4 Å². The molecule has 4 nitrogen and oxygen atoms in total. The maximum atomic E-state index is 10.9. The number of ether oxygens (including phenoxy) is 1. The van der Waals surface area contributed by atoms with Crippen molar-refractivity contribution in [2.75, 3.05) is 13.1 Å². The number of carbonyl (C=O) groups is 1.